The number of pyridine rings is 1. The van der Waals surface area contributed by atoms with Crippen molar-refractivity contribution in [3.8, 4) is 5.88 Å². The normalized spacial score (nSPS) is 17.0. The zero-order valence-corrected chi connectivity index (χ0v) is 12.1. The topological polar surface area (TPSA) is 60.5 Å². The lowest BCUT2D eigenvalue weighted by atomic mass is 10.2. The van der Waals surface area contributed by atoms with Gasteiger partial charge in [0.1, 0.15) is 17.7 Å². The van der Waals surface area contributed by atoms with Crippen molar-refractivity contribution in [2.24, 2.45) is 0 Å². The smallest absolute Gasteiger partial charge is 0.255 e. The van der Waals surface area contributed by atoms with E-state index < -0.39 is 17.5 Å². The average Bonchev–Trinajstić information content (AvgIpc) is 3.04. The van der Waals surface area contributed by atoms with Crippen molar-refractivity contribution in [2.45, 2.75) is 12.5 Å². The zero-order valence-electron chi connectivity index (χ0n) is 12.1. The number of anilines is 1. The van der Waals surface area contributed by atoms with Crippen molar-refractivity contribution in [1.82, 2.24) is 4.98 Å². The van der Waals surface area contributed by atoms with Gasteiger partial charge in [0.2, 0.25) is 5.88 Å². The molecular formula is C16H14F2N2O3. The Bertz CT molecular complexity index is 718. The van der Waals surface area contributed by atoms with Crippen LogP contribution in [0.5, 0.6) is 5.88 Å². The van der Waals surface area contributed by atoms with E-state index in [0.717, 1.165) is 24.6 Å². The van der Waals surface area contributed by atoms with E-state index in [1.165, 1.54) is 18.3 Å². The summed E-state index contributed by atoms with van der Waals surface area (Å²) in [7, 11) is 0. The molecule has 0 spiro atoms. The van der Waals surface area contributed by atoms with Gasteiger partial charge < -0.3 is 14.8 Å². The highest BCUT2D eigenvalue weighted by Gasteiger charge is 2.18. The first-order valence-electron chi connectivity index (χ1n) is 7.08. The summed E-state index contributed by atoms with van der Waals surface area (Å²) < 4.78 is 37.5. The maximum atomic E-state index is 13.6. The molecule has 3 rings (SSSR count). The number of hydrogen-bond acceptors (Lipinski definition) is 4. The second kappa shape index (κ2) is 6.70. The lowest BCUT2D eigenvalue weighted by molar-refractivity contribution is 0.102. The highest BCUT2D eigenvalue weighted by atomic mass is 19.1. The second-order valence-corrected chi connectivity index (χ2v) is 5.06. The molecule has 120 valence electrons. The summed E-state index contributed by atoms with van der Waals surface area (Å²) in [6, 6.07) is 5.76. The molecule has 1 aromatic heterocycles. The van der Waals surface area contributed by atoms with Crippen LogP contribution in [-0.2, 0) is 4.74 Å². The van der Waals surface area contributed by atoms with Gasteiger partial charge in [0.05, 0.1) is 18.9 Å². The maximum Gasteiger partial charge on any atom is 0.255 e. The molecule has 0 aliphatic carbocycles. The lowest BCUT2D eigenvalue weighted by Crippen LogP contribution is -2.17. The number of carbonyl (C=O) groups is 1. The Morgan fingerprint density at radius 3 is 2.96 bits per heavy atom. The predicted octanol–water partition coefficient (Wildman–Crippen LogP) is 2.78. The Hall–Kier alpha value is -2.54. The number of amides is 1. The van der Waals surface area contributed by atoms with Gasteiger partial charge in [-0.15, -0.1) is 0 Å². The minimum absolute atomic E-state index is 0.0959. The van der Waals surface area contributed by atoms with Gasteiger partial charge in [0.25, 0.3) is 5.91 Å². The van der Waals surface area contributed by atoms with Crippen LogP contribution in [-0.4, -0.2) is 30.2 Å². The first kappa shape index (κ1) is 15.4. The van der Waals surface area contributed by atoms with Gasteiger partial charge in [0.15, 0.2) is 0 Å². The van der Waals surface area contributed by atoms with Crippen LogP contribution in [0.15, 0.2) is 36.5 Å². The fourth-order valence-corrected chi connectivity index (χ4v) is 2.18. The van der Waals surface area contributed by atoms with Crippen LogP contribution >= 0.6 is 0 Å². The third-order valence-electron chi connectivity index (χ3n) is 3.35. The molecule has 2 heterocycles. The molecule has 1 unspecified atom stereocenters. The molecule has 5 nitrogen and oxygen atoms in total. The molecule has 1 aromatic carbocycles. The van der Waals surface area contributed by atoms with E-state index >= 15 is 0 Å². The summed E-state index contributed by atoms with van der Waals surface area (Å²) in [6.07, 6.45) is 2.08. The van der Waals surface area contributed by atoms with Gasteiger partial charge in [-0.05, 0) is 18.2 Å². The lowest BCUT2D eigenvalue weighted by Gasteiger charge is -2.12. The number of hydrogen-bond donors (Lipinski definition) is 1. The quantitative estimate of drug-likeness (QED) is 0.941. The van der Waals surface area contributed by atoms with Gasteiger partial charge in [-0.25, -0.2) is 13.8 Å². The fraction of sp³-hybridized carbons (Fsp3) is 0.250. The van der Waals surface area contributed by atoms with Gasteiger partial charge in [-0.1, -0.05) is 0 Å². The van der Waals surface area contributed by atoms with E-state index in [1.54, 1.807) is 0 Å². The van der Waals surface area contributed by atoms with Crippen LogP contribution in [0.1, 0.15) is 16.8 Å². The van der Waals surface area contributed by atoms with Crippen molar-refractivity contribution in [1.29, 1.82) is 0 Å². The van der Waals surface area contributed by atoms with E-state index in [9.17, 15) is 13.6 Å². The largest absolute Gasteiger partial charge is 0.472 e. The average molecular weight is 320 g/mol. The minimum atomic E-state index is -0.714. The number of rotatable bonds is 4. The van der Waals surface area contributed by atoms with Crippen molar-refractivity contribution >= 4 is 11.6 Å². The summed E-state index contributed by atoms with van der Waals surface area (Å²) in [5, 5.41) is 2.33. The molecule has 1 aliphatic rings. The van der Waals surface area contributed by atoms with Crippen molar-refractivity contribution in [3.63, 3.8) is 0 Å². The highest BCUT2D eigenvalue weighted by molar-refractivity contribution is 6.04. The summed E-state index contributed by atoms with van der Waals surface area (Å²) in [5.41, 5.74) is 0.0102. The van der Waals surface area contributed by atoms with E-state index in [4.69, 9.17) is 9.47 Å². The maximum absolute atomic E-state index is 13.6. The second-order valence-electron chi connectivity index (χ2n) is 5.06. The highest BCUT2D eigenvalue weighted by Crippen LogP contribution is 2.19. The standard InChI is InChI=1S/C16H14F2N2O3/c17-11-1-2-13(18)14(8-11)20-16(21)10-3-5-19-15(7-10)23-12-4-6-22-9-12/h1-3,5,7-8,12H,4,6,9H2,(H,20,21). The zero-order chi connectivity index (χ0) is 16.2. The van der Waals surface area contributed by atoms with Crippen LogP contribution in [0.25, 0.3) is 0 Å². The van der Waals surface area contributed by atoms with E-state index in [0.29, 0.717) is 13.2 Å². The van der Waals surface area contributed by atoms with Crippen LogP contribution in [0.3, 0.4) is 0 Å². The summed E-state index contributed by atoms with van der Waals surface area (Å²) >= 11 is 0. The molecule has 0 radical (unpaired) electrons. The molecule has 1 aliphatic heterocycles. The van der Waals surface area contributed by atoms with Crippen LogP contribution in [0.4, 0.5) is 14.5 Å². The third kappa shape index (κ3) is 3.81. The Kier molecular flexibility index (Phi) is 4.47. The van der Waals surface area contributed by atoms with Crippen molar-refractivity contribution in [2.75, 3.05) is 18.5 Å². The molecule has 0 bridgehead atoms. The van der Waals surface area contributed by atoms with Gasteiger partial charge in [-0.2, -0.15) is 0 Å². The first-order valence-corrected chi connectivity index (χ1v) is 7.08. The molecule has 0 saturated carbocycles. The van der Waals surface area contributed by atoms with Crippen LogP contribution in [0.2, 0.25) is 0 Å². The molecule has 7 heteroatoms. The number of carbonyl (C=O) groups excluding carboxylic acids is 1. The number of nitrogens with one attached hydrogen (secondary N) is 1. The minimum Gasteiger partial charge on any atom is -0.472 e. The van der Waals surface area contributed by atoms with Crippen molar-refractivity contribution < 1.29 is 23.0 Å². The van der Waals surface area contributed by atoms with E-state index in [2.05, 4.69) is 10.3 Å². The summed E-state index contributed by atoms with van der Waals surface area (Å²) in [5.74, 6) is -1.65. The number of nitrogens with zero attached hydrogens (tertiary/aromatic N) is 1. The fourth-order valence-electron chi connectivity index (χ4n) is 2.18. The molecule has 1 amide bonds. The molecule has 23 heavy (non-hydrogen) atoms. The molecule has 1 N–H and O–H groups in total. The number of benzene rings is 1. The number of aromatic nitrogens is 1. The Morgan fingerprint density at radius 2 is 2.17 bits per heavy atom. The van der Waals surface area contributed by atoms with Gasteiger partial charge >= 0.3 is 0 Å². The SMILES string of the molecule is O=C(Nc1cc(F)ccc1F)c1ccnc(OC2CCOC2)c1. The van der Waals surface area contributed by atoms with E-state index in [1.807, 2.05) is 0 Å². The molecule has 1 atom stereocenters. The molecule has 2 aromatic rings. The van der Waals surface area contributed by atoms with Crippen LogP contribution in [0, 0.1) is 11.6 Å². The third-order valence-corrected chi connectivity index (χ3v) is 3.35. The predicted molar refractivity (Wildman–Crippen MR) is 78.4 cm³/mol. The van der Waals surface area contributed by atoms with Crippen LogP contribution < -0.4 is 10.1 Å². The number of halogens is 2. The van der Waals surface area contributed by atoms with E-state index in [-0.39, 0.29) is 23.2 Å². The molecule has 1 fully saturated rings. The Morgan fingerprint density at radius 1 is 1.30 bits per heavy atom. The molecule has 1 saturated heterocycles. The molecular weight excluding hydrogens is 306 g/mol. The summed E-state index contributed by atoms with van der Waals surface area (Å²) in [4.78, 5) is 16.2. The van der Waals surface area contributed by atoms with Gasteiger partial charge in [-0.3, -0.25) is 4.79 Å². The van der Waals surface area contributed by atoms with Crippen molar-refractivity contribution in [3.05, 3.63) is 53.7 Å². The Balaban J connectivity index is 1.72. The Labute approximate surface area is 131 Å². The summed E-state index contributed by atoms with van der Waals surface area (Å²) in [6.45, 7) is 1.11. The first-order chi connectivity index (χ1) is 11.1. The monoisotopic (exact) mass is 320 g/mol. The van der Waals surface area contributed by atoms with Gasteiger partial charge in [0, 0.05) is 30.3 Å². The number of ether oxygens (including phenoxy) is 2.